The second kappa shape index (κ2) is 13.0. The third-order valence-electron chi connectivity index (χ3n) is 7.75. The number of urea groups is 1. The van der Waals surface area contributed by atoms with Gasteiger partial charge in [0.15, 0.2) is 5.75 Å². The van der Waals surface area contributed by atoms with Crippen LogP contribution < -0.4 is 15.4 Å². The first-order chi connectivity index (χ1) is 18.8. The Kier molecular flexibility index (Phi) is 9.45. The molecule has 0 aromatic heterocycles. The molecule has 2 aromatic rings. The molecular formula is C30H40N4O5. The summed E-state index contributed by atoms with van der Waals surface area (Å²) in [5.41, 5.74) is 1.46. The zero-order valence-electron chi connectivity index (χ0n) is 23.1. The number of fused-ring (bicyclic) bond motifs is 1. The first-order valence-corrected chi connectivity index (χ1v) is 13.9. The minimum absolute atomic E-state index is 0.0627. The monoisotopic (exact) mass is 536 g/mol. The molecular weight excluding hydrogens is 496 g/mol. The molecule has 3 N–H and O–H groups in total. The minimum atomic E-state index is -0.482. The van der Waals surface area contributed by atoms with E-state index in [1.807, 2.05) is 37.3 Å². The van der Waals surface area contributed by atoms with Crippen LogP contribution in [0.5, 0.6) is 5.75 Å². The number of likely N-dealkylation sites (N-methyl/N-ethyl adjacent to an activating group) is 1. The van der Waals surface area contributed by atoms with E-state index >= 15 is 0 Å². The summed E-state index contributed by atoms with van der Waals surface area (Å²) in [4.78, 5) is 43.0. The van der Waals surface area contributed by atoms with Crippen molar-refractivity contribution in [3.63, 3.8) is 0 Å². The van der Waals surface area contributed by atoms with Crippen LogP contribution in [0.1, 0.15) is 56.3 Å². The normalized spacial score (nSPS) is 20.6. The maximum Gasteiger partial charge on any atom is 0.321 e. The summed E-state index contributed by atoms with van der Waals surface area (Å²) < 4.78 is 6.53. The van der Waals surface area contributed by atoms with E-state index in [9.17, 15) is 19.5 Å². The molecule has 0 unspecified atom stereocenters. The fourth-order valence-electron chi connectivity index (χ4n) is 5.25. The number of hydrogen-bond acceptors (Lipinski definition) is 5. The lowest BCUT2D eigenvalue weighted by Gasteiger charge is -2.38. The number of benzene rings is 2. The lowest BCUT2D eigenvalue weighted by atomic mass is 9.88. The molecule has 4 amide bonds. The molecule has 1 aliphatic heterocycles. The molecule has 0 spiro atoms. The van der Waals surface area contributed by atoms with Crippen molar-refractivity contribution in [1.82, 2.24) is 9.80 Å². The van der Waals surface area contributed by atoms with Gasteiger partial charge in [0.05, 0.1) is 30.4 Å². The van der Waals surface area contributed by atoms with E-state index in [4.69, 9.17) is 4.74 Å². The van der Waals surface area contributed by atoms with Gasteiger partial charge in [0.25, 0.3) is 5.91 Å². The van der Waals surface area contributed by atoms with Gasteiger partial charge in [0, 0.05) is 31.1 Å². The van der Waals surface area contributed by atoms with Gasteiger partial charge in [0.2, 0.25) is 5.91 Å². The molecule has 0 radical (unpaired) electrons. The van der Waals surface area contributed by atoms with Crippen LogP contribution in [0.3, 0.4) is 0 Å². The third kappa shape index (κ3) is 6.89. The first kappa shape index (κ1) is 28.4. The van der Waals surface area contributed by atoms with Crippen LogP contribution in [-0.2, 0) is 4.79 Å². The van der Waals surface area contributed by atoms with Crippen molar-refractivity contribution in [2.45, 2.75) is 58.1 Å². The third-order valence-corrected chi connectivity index (χ3v) is 7.75. The summed E-state index contributed by atoms with van der Waals surface area (Å²) in [6.45, 7) is 4.18. The summed E-state index contributed by atoms with van der Waals surface area (Å²) in [5.74, 6) is -0.265. The summed E-state index contributed by atoms with van der Waals surface area (Å²) in [5, 5.41) is 15.8. The van der Waals surface area contributed by atoms with Crippen LogP contribution in [0.4, 0.5) is 16.2 Å². The van der Waals surface area contributed by atoms with Gasteiger partial charge in [-0.1, -0.05) is 50.5 Å². The number of nitrogens with zero attached hydrogens (tertiary/aromatic N) is 2. The fourth-order valence-corrected chi connectivity index (χ4v) is 5.25. The number of aliphatic hydroxyl groups is 1. The molecule has 9 nitrogen and oxygen atoms in total. The number of nitrogens with one attached hydrogen (secondary N) is 2. The quantitative estimate of drug-likeness (QED) is 0.479. The highest BCUT2D eigenvalue weighted by molar-refractivity contribution is 6.02. The second-order valence-electron chi connectivity index (χ2n) is 10.8. The predicted molar refractivity (Wildman–Crippen MR) is 151 cm³/mol. The summed E-state index contributed by atoms with van der Waals surface area (Å²) in [6, 6.07) is 13.7. The molecule has 210 valence electrons. The highest BCUT2D eigenvalue weighted by Crippen LogP contribution is 2.36. The van der Waals surface area contributed by atoms with Crippen LogP contribution in [0.25, 0.3) is 0 Å². The summed E-state index contributed by atoms with van der Waals surface area (Å²) >= 11 is 0. The zero-order valence-corrected chi connectivity index (χ0v) is 23.1. The molecule has 39 heavy (non-hydrogen) atoms. The fraction of sp³-hybridized carbons (Fsp3) is 0.500. The topological polar surface area (TPSA) is 111 Å². The van der Waals surface area contributed by atoms with Crippen molar-refractivity contribution >= 4 is 29.2 Å². The van der Waals surface area contributed by atoms with Crippen molar-refractivity contribution in [3.05, 3.63) is 54.1 Å². The van der Waals surface area contributed by atoms with Gasteiger partial charge >= 0.3 is 6.03 Å². The lowest BCUT2D eigenvalue weighted by molar-refractivity contribution is -0.120. The second-order valence-corrected chi connectivity index (χ2v) is 10.8. The van der Waals surface area contributed by atoms with Gasteiger partial charge < -0.3 is 30.3 Å². The van der Waals surface area contributed by atoms with Crippen molar-refractivity contribution in [2.24, 2.45) is 11.8 Å². The molecule has 2 aromatic carbocycles. The van der Waals surface area contributed by atoms with E-state index < -0.39 is 12.1 Å². The molecule has 3 atom stereocenters. The highest BCUT2D eigenvalue weighted by atomic mass is 16.5. The van der Waals surface area contributed by atoms with E-state index in [-0.39, 0.29) is 42.8 Å². The molecule has 0 bridgehead atoms. The summed E-state index contributed by atoms with van der Waals surface area (Å²) in [7, 11) is 1.70. The lowest BCUT2D eigenvalue weighted by Crippen LogP contribution is -2.50. The zero-order chi connectivity index (χ0) is 27.9. The smallest absolute Gasteiger partial charge is 0.321 e. The Balaban J connectivity index is 1.62. The van der Waals surface area contributed by atoms with E-state index in [0.717, 1.165) is 32.1 Å². The van der Waals surface area contributed by atoms with Gasteiger partial charge in [-0.3, -0.25) is 9.59 Å². The Morgan fingerprint density at radius 1 is 1.08 bits per heavy atom. The molecule has 2 aliphatic rings. The Morgan fingerprint density at radius 2 is 1.79 bits per heavy atom. The average Bonchev–Trinajstić information content (AvgIpc) is 2.95. The average molecular weight is 537 g/mol. The Labute approximate surface area is 230 Å². The molecule has 1 aliphatic carbocycles. The number of aliphatic hydroxyl groups excluding tert-OH is 1. The van der Waals surface area contributed by atoms with E-state index in [1.54, 1.807) is 42.0 Å². The molecule has 0 saturated heterocycles. The number of amides is 4. The number of carbonyl (C=O) groups is 3. The Bertz CT molecular complexity index is 1150. The van der Waals surface area contributed by atoms with E-state index in [0.29, 0.717) is 29.2 Å². The molecule has 1 fully saturated rings. The van der Waals surface area contributed by atoms with Crippen molar-refractivity contribution in [3.8, 4) is 5.75 Å². The van der Waals surface area contributed by atoms with Crippen LogP contribution >= 0.6 is 0 Å². The number of anilines is 2. The first-order valence-electron chi connectivity index (χ1n) is 13.9. The minimum Gasteiger partial charge on any atom is -0.485 e. The Hall–Kier alpha value is -3.59. The molecule has 4 rings (SSSR count). The molecule has 1 heterocycles. The van der Waals surface area contributed by atoms with E-state index in [1.165, 1.54) is 0 Å². The predicted octanol–water partition coefficient (Wildman–Crippen LogP) is 4.59. The van der Waals surface area contributed by atoms with Crippen LogP contribution in [-0.4, -0.2) is 71.6 Å². The highest BCUT2D eigenvalue weighted by Gasteiger charge is 2.35. The van der Waals surface area contributed by atoms with E-state index in [2.05, 4.69) is 10.6 Å². The van der Waals surface area contributed by atoms with Gasteiger partial charge in [-0.2, -0.15) is 0 Å². The number of para-hydroxylation sites is 2. The van der Waals surface area contributed by atoms with Gasteiger partial charge in [-0.15, -0.1) is 0 Å². The maximum absolute atomic E-state index is 13.7. The molecule has 9 heteroatoms. The number of rotatable bonds is 7. The van der Waals surface area contributed by atoms with Crippen LogP contribution in [0.2, 0.25) is 0 Å². The number of ether oxygens (including phenoxy) is 1. The van der Waals surface area contributed by atoms with Crippen molar-refractivity contribution in [1.29, 1.82) is 0 Å². The number of carbonyl (C=O) groups excluding carboxylic acids is 3. The van der Waals surface area contributed by atoms with Crippen molar-refractivity contribution in [2.75, 3.05) is 37.4 Å². The van der Waals surface area contributed by atoms with Gasteiger partial charge in [0.1, 0.15) is 6.10 Å². The van der Waals surface area contributed by atoms with Crippen LogP contribution in [0, 0.1) is 11.8 Å². The maximum atomic E-state index is 13.7. The largest absolute Gasteiger partial charge is 0.485 e. The SMILES string of the molecule is C[C@@H]1CN([C@H](C)CO)C(=O)c2cccc(NC(=O)C3CCCCC3)c2O[C@H]1CN(C)C(=O)Nc1ccccc1. The standard InChI is InChI=1S/C30H40N4O5/c1-20-17-34(21(2)19-35)29(37)24-15-10-16-25(32-28(36)22-11-6-4-7-12-22)27(24)39-26(20)18-33(3)30(38)31-23-13-8-5-9-14-23/h5,8-10,13-16,20-22,26,35H,4,6-7,11-12,17-19H2,1-3H3,(H,31,38)(H,32,36)/t20-,21-,26+/m1/s1. The molecule has 1 saturated carbocycles. The summed E-state index contributed by atoms with van der Waals surface area (Å²) in [6.07, 6.45) is 4.43. The van der Waals surface area contributed by atoms with Gasteiger partial charge in [-0.05, 0) is 44.0 Å². The number of hydrogen-bond donors (Lipinski definition) is 3. The van der Waals surface area contributed by atoms with Gasteiger partial charge in [-0.25, -0.2) is 4.79 Å². The van der Waals surface area contributed by atoms with Crippen LogP contribution in [0.15, 0.2) is 48.5 Å². The Morgan fingerprint density at radius 3 is 2.49 bits per heavy atom. The van der Waals surface area contributed by atoms with Crippen molar-refractivity contribution < 1.29 is 24.2 Å².